The molecule has 0 radical (unpaired) electrons. The van der Waals surface area contributed by atoms with E-state index in [1.807, 2.05) is 29.8 Å². The Morgan fingerprint density at radius 1 is 1.47 bits per heavy atom. The first-order valence-electron chi connectivity index (χ1n) is 5.43. The summed E-state index contributed by atoms with van der Waals surface area (Å²) in [7, 11) is 0. The van der Waals surface area contributed by atoms with Crippen LogP contribution < -0.4 is 5.73 Å². The van der Waals surface area contributed by atoms with Gasteiger partial charge in [-0.2, -0.15) is 0 Å². The number of imidazole rings is 1. The predicted molar refractivity (Wildman–Crippen MR) is 71.4 cm³/mol. The van der Waals surface area contributed by atoms with Gasteiger partial charge in [-0.1, -0.05) is 19.1 Å². The second kappa shape index (κ2) is 4.63. The highest BCUT2D eigenvalue weighted by atomic mass is 32.1. The molecule has 4 nitrogen and oxygen atoms in total. The molecule has 5 heteroatoms. The standard InChI is InChI=1S/C12H14N4S/c1-3-10-14-4-5-16(10)11-7-9(12(13)17)6-8(2)15-11/h4-7H,3H2,1-2H3,(H2,13,17). The molecule has 2 rings (SSSR count). The highest BCUT2D eigenvalue weighted by molar-refractivity contribution is 7.80. The Hall–Kier alpha value is -1.75. The van der Waals surface area contributed by atoms with Gasteiger partial charge in [-0.3, -0.25) is 4.57 Å². The van der Waals surface area contributed by atoms with Gasteiger partial charge < -0.3 is 5.73 Å². The first-order valence-corrected chi connectivity index (χ1v) is 5.83. The third kappa shape index (κ3) is 2.34. The van der Waals surface area contributed by atoms with Crippen molar-refractivity contribution in [3.05, 3.63) is 41.6 Å². The van der Waals surface area contributed by atoms with Crippen LogP contribution in [0, 0.1) is 6.92 Å². The first kappa shape index (κ1) is 11.7. The van der Waals surface area contributed by atoms with Crippen molar-refractivity contribution < 1.29 is 0 Å². The Labute approximate surface area is 106 Å². The maximum Gasteiger partial charge on any atom is 0.139 e. The molecule has 0 atom stereocenters. The fourth-order valence-electron chi connectivity index (χ4n) is 1.72. The Bertz CT molecular complexity index is 559. The van der Waals surface area contributed by atoms with E-state index in [1.165, 1.54) is 0 Å². The van der Waals surface area contributed by atoms with Crippen LogP contribution in [0.2, 0.25) is 0 Å². The largest absolute Gasteiger partial charge is 0.389 e. The van der Waals surface area contributed by atoms with E-state index in [0.717, 1.165) is 29.3 Å². The molecule has 17 heavy (non-hydrogen) atoms. The van der Waals surface area contributed by atoms with Crippen LogP contribution in [0.1, 0.15) is 24.0 Å². The Balaban J connectivity index is 2.56. The smallest absolute Gasteiger partial charge is 0.139 e. The van der Waals surface area contributed by atoms with E-state index in [4.69, 9.17) is 18.0 Å². The molecule has 2 heterocycles. The van der Waals surface area contributed by atoms with Gasteiger partial charge in [0, 0.05) is 30.1 Å². The maximum absolute atomic E-state index is 5.65. The number of nitrogens with two attached hydrogens (primary N) is 1. The minimum Gasteiger partial charge on any atom is -0.389 e. The lowest BCUT2D eigenvalue weighted by Gasteiger charge is -2.08. The topological polar surface area (TPSA) is 56.7 Å². The fourth-order valence-corrected chi connectivity index (χ4v) is 1.84. The Morgan fingerprint density at radius 3 is 2.88 bits per heavy atom. The van der Waals surface area contributed by atoms with Crippen LogP contribution in [0.25, 0.3) is 5.82 Å². The molecule has 2 N–H and O–H groups in total. The van der Waals surface area contributed by atoms with Crippen LogP contribution in [0.5, 0.6) is 0 Å². The summed E-state index contributed by atoms with van der Waals surface area (Å²) in [5, 5.41) is 0. The number of aryl methyl sites for hydroxylation is 2. The molecule has 0 amide bonds. The van der Waals surface area contributed by atoms with Crippen LogP contribution in [-0.4, -0.2) is 19.5 Å². The lowest BCUT2D eigenvalue weighted by atomic mass is 10.2. The normalized spacial score (nSPS) is 10.5. The quantitative estimate of drug-likeness (QED) is 0.839. The SMILES string of the molecule is CCc1nccn1-c1cc(C(N)=S)cc(C)n1. The summed E-state index contributed by atoms with van der Waals surface area (Å²) in [5.74, 6) is 1.78. The monoisotopic (exact) mass is 246 g/mol. The predicted octanol–water partition coefficient (Wildman–Crippen LogP) is 1.77. The van der Waals surface area contributed by atoms with Crippen LogP contribution in [0.4, 0.5) is 0 Å². The summed E-state index contributed by atoms with van der Waals surface area (Å²) < 4.78 is 1.95. The molecular formula is C12H14N4S. The summed E-state index contributed by atoms with van der Waals surface area (Å²) in [4.78, 5) is 9.13. The number of hydrogen-bond acceptors (Lipinski definition) is 3. The summed E-state index contributed by atoms with van der Waals surface area (Å²) in [6.45, 7) is 3.98. The molecule has 0 aliphatic heterocycles. The van der Waals surface area contributed by atoms with Gasteiger partial charge in [0.15, 0.2) is 0 Å². The Kier molecular flexibility index (Phi) is 3.19. The number of nitrogens with zero attached hydrogens (tertiary/aromatic N) is 3. The highest BCUT2D eigenvalue weighted by Gasteiger charge is 2.07. The molecular weight excluding hydrogens is 232 g/mol. The third-order valence-corrected chi connectivity index (χ3v) is 2.74. The molecule has 0 saturated heterocycles. The van der Waals surface area contributed by atoms with Crippen LogP contribution >= 0.6 is 12.2 Å². The van der Waals surface area contributed by atoms with Gasteiger partial charge in [0.25, 0.3) is 0 Å². The average Bonchev–Trinajstić information content (AvgIpc) is 2.76. The van der Waals surface area contributed by atoms with E-state index < -0.39 is 0 Å². The van der Waals surface area contributed by atoms with Gasteiger partial charge >= 0.3 is 0 Å². The minimum atomic E-state index is 0.384. The zero-order valence-electron chi connectivity index (χ0n) is 9.84. The Morgan fingerprint density at radius 2 is 2.24 bits per heavy atom. The van der Waals surface area contributed by atoms with Gasteiger partial charge in [0.2, 0.25) is 0 Å². The molecule has 0 saturated carbocycles. The molecule has 0 aliphatic carbocycles. The molecule has 0 bridgehead atoms. The lowest BCUT2D eigenvalue weighted by Crippen LogP contribution is -2.12. The number of rotatable bonds is 3. The van der Waals surface area contributed by atoms with Gasteiger partial charge in [-0.05, 0) is 19.1 Å². The summed E-state index contributed by atoms with van der Waals surface area (Å²) in [6.07, 6.45) is 4.51. The van der Waals surface area contributed by atoms with Crippen molar-refractivity contribution in [3.63, 3.8) is 0 Å². The van der Waals surface area contributed by atoms with Crippen LogP contribution in [0.15, 0.2) is 24.5 Å². The number of aromatic nitrogens is 3. The molecule has 0 spiro atoms. The fraction of sp³-hybridized carbons (Fsp3) is 0.250. The zero-order valence-corrected chi connectivity index (χ0v) is 10.7. The van der Waals surface area contributed by atoms with Crippen molar-refractivity contribution in [2.24, 2.45) is 5.73 Å². The summed E-state index contributed by atoms with van der Waals surface area (Å²) in [5.41, 5.74) is 7.38. The second-order valence-electron chi connectivity index (χ2n) is 3.79. The first-order chi connectivity index (χ1) is 8.11. The molecule has 2 aromatic rings. The molecule has 0 unspecified atom stereocenters. The van der Waals surface area contributed by atoms with E-state index in [2.05, 4.69) is 16.9 Å². The van der Waals surface area contributed by atoms with Gasteiger partial charge in [0.05, 0.1) is 0 Å². The molecule has 0 aromatic carbocycles. The van der Waals surface area contributed by atoms with Crippen molar-refractivity contribution in [1.29, 1.82) is 0 Å². The van der Waals surface area contributed by atoms with Crippen LogP contribution in [-0.2, 0) is 6.42 Å². The van der Waals surface area contributed by atoms with E-state index >= 15 is 0 Å². The summed E-state index contributed by atoms with van der Waals surface area (Å²) in [6, 6.07) is 3.77. The third-order valence-electron chi connectivity index (χ3n) is 2.50. The second-order valence-corrected chi connectivity index (χ2v) is 4.23. The summed E-state index contributed by atoms with van der Waals surface area (Å²) >= 11 is 5.00. The van der Waals surface area contributed by atoms with E-state index in [9.17, 15) is 0 Å². The average molecular weight is 246 g/mol. The number of hydrogen-bond donors (Lipinski definition) is 1. The lowest BCUT2D eigenvalue weighted by molar-refractivity contribution is 0.862. The van der Waals surface area contributed by atoms with Crippen molar-refractivity contribution in [2.75, 3.05) is 0 Å². The highest BCUT2D eigenvalue weighted by Crippen LogP contribution is 2.12. The van der Waals surface area contributed by atoms with E-state index in [1.54, 1.807) is 6.20 Å². The number of thiocarbonyl (C=S) groups is 1. The van der Waals surface area contributed by atoms with Gasteiger partial charge in [0.1, 0.15) is 16.6 Å². The van der Waals surface area contributed by atoms with E-state index in [-0.39, 0.29) is 0 Å². The minimum absolute atomic E-state index is 0.384. The van der Waals surface area contributed by atoms with Crippen molar-refractivity contribution in [3.8, 4) is 5.82 Å². The molecule has 0 fully saturated rings. The van der Waals surface area contributed by atoms with Crippen molar-refractivity contribution in [2.45, 2.75) is 20.3 Å². The van der Waals surface area contributed by atoms with Crippen molar-refractivity contribution >= 4 is 17.2 Å². The molecule has 0 aliphatic rings. The van der Waals surface area contributed by atoms with Gasteiger partial charge in [-0.25, -0.2) is 9.97 Å². The van der Waals surface area contributed by atoms with Crippen LogP contribution in [0.3, 0.4) is 0 Å². The molecule has 88 valence electrons. The van der Waals surface area contributed by atoms with Crippen molar-refractivity contribution in [1.82, 2.24) is 14.5 Å². The maximum atomic E-state index is 5.65. The van der Waals surface area contributed by atoms with Gasteiger partial charge in [-0.15, -0.1) is 0 Å². The number of pyridine rings is 1. The molecule has 2 aromatic heterocycles. The van der Waals surface area contributed by atoms with E-state index in [0.29, 0.717) is 4.99 Å². The zero-order chi connectivity index (χ0) is 12.4.